The predicted molar refractivity (Wildman–Crippen MR) is 65.9 cm³/mol. The van der Waals surface area contributed by atoms with Gasteiger partial charge in [-0.3, -0.25) is 4.79 Å². The lowest BCUT2D eigenvalue weighted by molar-refractivity contribution is -0.161. The molecule has 0 bridgehead atoms. The van der Waals surface area contributed by atoms with Gasteiger partial charge in [0.2, 0.25) is 5.91 Å². The van der Waals surface area contributed by atoms with E-state index in [1.54, 1.807) is 13.8 Å². The van der Waals surface area contributed by atoms with Crippen LogP contribution < -0.4 is 0 Å². The Morgan fingerprint density at radius 1 is 1.22 bits per heavy atom. The van der Waals surface area contributed by atoms with E-state index in [1.165, 1.54) is 11.8 Å². The number of carboxylic acid groups (broad SMARTS) is 1. The molecular weight excluding hydrogens is 258 g/mol. The van der Waals surface area contributed by atoms with Crippen molar-refractivity contribution in [3.05, 3.63) is 0 Å². The highest BCUT2D eigenvalue weighted by Crippen LogP contribution is 2.32. The number of carbonyl (C=O) groups excluding carboxylic acids is 1. The second kappa shape index (κ2) is 4.87. The molecule has 104 valence electrons. The van der Waals surface area contributed by atoms with Crippen molar-refractivity contribution in [3.8, 4) is 0 Å². The molecule has 1 heterocycles. The molecule has 0 aromatic rings. The first kappa shape index (κ1) is 14.9. The maximum absolute atomic E-state index is 11.7. The Balaban J connectivity index is 3.17. The zero-order valence-electron chi connectivity index (χ0n) is 10.8. The maximum atomic E-state index is 11.7. The minimum Gasteiger partial charge on any atom is -0.479 e. The lowest BCUT2D eigenvalue weighted by Gasteiger charge is -2.44. The Morgan fingerprint density at radius 3 is 1.94 bits per heavy atom. The van der Waals surface area contributed by atoms with Gasteiger partial charge >= 0.3 is 5.97 Å². The number of hydrogen-bond donors (Lipinski definition) is 1. The summed E-state index contributed by atoms with van der Waals surface area (Å²) in [6, 6.07) is -0.278. The average Bonchev–Trinajstić information content (AvgIpc) is 2.19. The van der Waals surface area contributed by atoms with Gasteiger partial charge in [-0.25, -0.2) is 13.2 Å². The molecule has 1 fully saturated rings. The molecule has 7 heteroatoms. The number of carbonyl (C=O) groups is 2. The van der Waals surface area contributed by atoms with Gasteiger partial charge in [-0.15, -0.1) is 0 Å². The molecule has 1 rings (SSSR count). The van der Waals surface area contributed by atoms with Gasteiger partial charge in [-0.1, -0.05) is 0 Å². The van der Waals surface area contributed by atoms with E-state index in [0.29, 0.717) is 0 Å². The Morgan fingerprint density at radius 2 is 1.67 bits per heavy atom. The summed E-state index contributed by atoms with van der Waals surface area (Å²) in [5.41, 5.74) is -1.38. The maximum Gasteiger partial charge on any atom is 0.329 e. The van der Waals surface area contributed by atoms with Crippen LogP contribution in [0.15, 0.2) is 0 Å². The van der Waals surface area contributed by atoms with Gasteiger partial charge in [0.05, 0.1) is 11.5 Å². The lowest BCUT2D eigenvalue weighted by atomic mass is 9.88. The number of aliphatic carboxylic acids is 1. The van der Waals surface area contributed by atoms with E-state index in [0.717, 1.165) is 0 Å². The molecule has 6 nitrogen and oxygen atoms in total. The molecule has 0 aromatic heterocycles. The minimum absolute atomic E-state index is 0.0393. The van der Waals surface area contributed by atoms with Crippen LogP contribution in [0.5, 0.6) is 0 Å². The van der Waals surface area contributed by atoms with Crippen LogP contribution >= 0.6 is 0 Å². The van der Waals surface area contributed by atoms with Gasteiger partial charge < -0.3 is 10.0 Å². The highest BCUT2D eigenvalue weighted by atomic mass is 32.2. The Bertz CT molecular complexity index is 440. The lowest BCUT2D eigenvalue weighted by Crippen LogP contribution is -2.62. The van der Waals surface area contributed by atoms with Crippen molar-refractivity contribution < 1.29 is 23.1 Å². The van der Waals surface area contributed by atoms with Crippen LogP contribution in [0.4, 0.5) is 0 Å². The smallest absolute Gasteiger partial charge is 0.329 e. The number of sulfone groups is 1. The highest BCUT2D eigenvalue weighted by Gasteiger charge is 2.50. The molecule has 0 spiro atoms. The second-order valence-electron chi connectivity index (χ2n) is 4.97. The zero-order valence-corrected chi connectivity index (χ0v) is 11.7. The second-order valence-corrected chi connectivity index (χ2v) is 7.27. The highest BCUT2D eigenvalue weighted by molar-refractivity contribution is 7.91. The molecule has 0 aliphatic carbocycles. The normalized spacial score (nSPS) is 21.6. The SMILES string of the molecule is CC(=O)N(C(C)C)C1(C(=O)O)CCS(=O)(=O)CC1. The number of carboxylic acids is 1. The summed E-state index contributed by atoms with van der Waals surface area (Å²) in [4.78, 5) is 24.5. The van der Waals surface area contributed by atoms with Crippen molar-refractivity contribution in [1.29, 1.82) is 0 Å². The molecule has 1 aliphatic rings. The molecule has 0 aromatic carbocycles. The fourth-order valence-corrected chi connectivity index (χ4v) is 4.09. The molecule has 1 amide bonds. The molecule has 1 saturated heterocycles. The fraction of sp³-hybridized carbons (Fsp3) is 0.818. The summed E-state index contributed by atoms with van der Waals surface area (Å²) in [6.07, 6.45) is -0.0785. The van der Waals surface area contributed by atoms with E-state index < -0.39 is 21.3 Å². The number of hydrogen-bond acceptors (Lipinski definition) is 4. The van der Waals surface area contributed by atoms with E-state index >= 15 is 0 Å². The first-order valence-corrected chi connectivity index (χ1v) is 7.68. The van der Waals surface area contributed by atoms with Crippen LogP contribution in [0.25, 0.3) is 0 Å². The third kappa shape index (κ3) is 2.66. The Kier molecular flexibility index (Phi) is 4.05. The van der Waals surface area contributed by atoms with Gasteiger partial charge in [-0.2, -0.15) is 0 Å². The van der Waals surface area contributed by atoms with Gasteiger partial charge in [-0.05, 0) is 26.7 Å². The van der Waals surface area contributed by atoms with Crippen LogP contribution in [0.1, 0.15) is 33.6 Å². The van der Waals surface area contributed by atoms with E-state index in [1.807, 2.05) is 0 Å². The third-order valence-electron chi connectivity index (χ3n) is 3.37. The van der Waals surface area contributed by atoms with Crippen molar-refractivity contribution >= 4 is 21.7 Å². The quantitative estimate of drug-likeness (QED) is 0.799. The zero-order chi connectivity index (χ0) is 14.1. The number of nitrogens with zero attached hydrogens (tertiary/aromatic N) is 1. The van der Waals surface area contributed by atoms with E-state index in [2.05, 4.69) is 0 Å². The summed E-state index contributed by atoms with van der Waals surface area (Å²) >= 11 is 0. The van der Waals surface area contributed by atoms with Gasteiger partial charge in [0, 0.05) is 13.0 Å². The molecule has 18 heavy (non-hydrogen) atoms. The van der Waals surface area contributed by atoms with Crippen LogP contribution in [0, 0.1) is 0 Å². The van der Waals surface area contributed by atoms with Gasteiger partial charge in [0.1, 0.15) is 5.54 Å². The Hall–Kier alpha value is -1.11. The molecule has 0 unspecified atom stereocenters. The topological polar surface area (TPSA) is 91.8 Å². The van der Waals surface area contributed by atoms with Crippen LogP contribution in [-0.2, 0) is 19.4 Å². The van der Waals surface area contributed by atoms with Crippen molar-refractivity contribution in [1.82, 2.24) is 4.90 Å². The predicted octanol–water partition coefficient (Wildman–Crippen LogP) is 0.275. The van der Waals surface area contributed by atoms with Crippen LogP contribution in [0.2, 0.25) is 0 Å². The average molecular weight is 277 g/mol. The molecule has 0 atom stereocenters. The van der Waals surface area contributed by atoms with Gasteiger partial charge in [0.25, 0.3) is 0 Å². The minimum atomic E-state index is -3.17. The molecule has 1 aliphatic heterocycles. The third-order valence-corrected chi connectivity index (χ3v) is 5.02. The number of amides is 1. The first-order chi connectivity index (χ1) is 8.12. The van der Waals surface area contributed by atoms with E-state index in [9.17, 15) is 23.1 Å². The summed E-state index contributed by atoms with van der Waals surface area (Å²) in [7, 11) is -3.17. The Labute approximate surface area is 107 Å². The van der Waals surface area contributed by atoms with Gasteiger partial charge in [0.15, 0.2) is 9.84 Å². The fourth-order valence-electron chi connectivity index (χ4n) is 2.59. The van der Waals surface area contributed by atoms with E-state index in [4.69, 9.17) is 0 Å². The van der Waals surface area contributed by atoms with Crippen molar-refractivity contribution in [3.63, 3.8) is 0 Å². The number of rotatable bonds is 3. The molecule has 0 saturated carbocycles. The van der Waals surface area contributed by atoms with Crippen LogP contribution in [-0.4, -0.2) is 53.4 Å². The monoisotopic (exact) mass is 277 g/mol. The standard InChI is InChI=1S/C11H19NO5S/c1-8(2)12(9(3)13)11(10(14)15)4-6-18(16,17)7-5-11/h8H,4-7H2,1-3H3,(H,14,15). The summed E-state index contributed by atoms with van der Waals surface area (Å²) in [5.74, 6) is -1.83. The summed E-state index contributed by atoms with van der Waals surface area (Å²) in [6.45, 7) is 4.78. The van der Waals surface area contributed by atoms with E-state index in [-0.39, 0.29) is 36.3 Å². The first-order valence-electron chi connectivity index (χ1n) is 5.86. The largest absolute Gasteiger partial charge is 0.479 e. The summed E-state index contributed by atoms with van der Waals surface area (Å²) in [5, 5.41) is 9.44. The van der Waals surface area contributed by atoms with Crippen molar-refractivity contribution in [2.45, 2.75) is 45.2 Å². The van der Waals surface area contributed by atoms with Crippen molar-refractivity contribution in [2.75, 3.05) is 11.5 Å². The van der Waals surface area contributed by atoms with Crippen LogP contribution in [0.3, 0.4) is 0 Å². The summed E-state index contributed by atoms with van der Waals surface area (Å²) < 4.78 is 22.9. The molecule has 0 radical (unpaired) electrons. The molecular formula is C11H19NO5S. The molecule has 1 N–H and O–H groups in total. The van der Waals surface area contributed by atoms with Crippen molar-refractivity contribution in [2.24, 2.45) is 0 Å².